The lowest BCUT2D eigenvalue weighted by Crippen LogP contribution is -2.31. The van der Waals surface area contributed by atoms with Crippen LogP contribution in [0.1, 0.15) is 20.8 Å². The van der Waals surface area contributed by atoms with E-state index in [0.717, 1.165) is 39.1 Å². The van der Waals surface area contributed by atoms with Gasteiger partial charge in [-0.3, -0.25) is 4.40 Å². The summed E-state index contributed by atoms with van der Waals surface area (Å²) < 4.78 is 27.1. The molecular weight excluding hydrogens is 282 g/mol. The molecule has 3 heterocycles. The summed E-state index contributed by atoms with van der Waals surface area (Å²) in [4.78, 5) is 4.68. The Balaban J connectivity index is 1.99. The summed E-state index contributed by atoms with van der Waals surface area (Å²) in [6.07, 6.45) is 3.74. The Hall–Kier alpha value is -2.68. The summed E-state index contributed by atoms with van der Waals surface area (Å²) in [5.41, 5.74) is 7.30. The molecule has 0 aliphatic rings. The second-order valence-electron chi connectivity index (χ2n) is 6.01. The summed E-state index contributed by atoms with van der Waals surface area (Å²) >= 11 is 0. The maximum Gasteiger partial charge on any atom is 0.212 e. The molecule has 0 fully saturated rings. The van der Waals surface area contributed by atoms with E-state index in [4.69, 9.17) is 4.11 Å². The van der Waals surface area contributed by atoms with Gasteiger partial charge in [0, 0.05) is 21.9 Å². The number of pyridine rings is 2. The SMILES string of the molecule is [2H]C([2H])([2H])c1c[n+](C)c(-c2ccc3nc4ccccn4c3c2C)cc1C. The van der Waals surface area contributed by atoms with Crippen molar-refractivity contribution in [3.8, 4) is 11.3 Å². The number of rotatable bonds is 1. The van der Waals surface area contributed by atoms with E-state index in [2.05, 4.69) is 22.4 Å². The Morgan fingerprint density at radius 2 is 2.00 bits per heavy atom. The Labute approximate surface area is 140 Å². The molecule has 0 spiro atoms. The number of aryl methyl sites for hydroxylation is 4. The zero-order valence-electron chi connectivity index (χ0n) is 16.5. The van der Waals surface area contributed by atoms with Crippen molar-refractivity contribution < 1.29 is 8.68 Å². The zero-order chi connectivity index (χ0) is 18.6. The van der Waals surface area contributed by atoms with Crippen LogP contribution < -0.4 is 4.57 Å². The molecular formula is C20H20N3+. The smallest absolute Gasteiger partial charge is 0.212 e. The molecule has 0 N–H and O–H groups in total. The zero-order valence-corrected chi connectivity index (χ0v) is 13.5. The van der Waals surface area contributed by atoms with E-state index >= 15 is 0 Å². The average molecular weight is 305 g/mol. The van der Waals surface area contributed by atoms with Crippen molar-refractivity contribution in [3.63, 3.8) is 0 Å². The van der Waals surface area contributed by atoms with Gasteiger partial charge in [0.25, 0.3) is 0 Å². The molecule has 0 aliphatic carbocycles. The predicted octanol–water partition coefficient (Wildman–Crippen LogP) is 3.90. The highest BCUT2D eigenvalue weighted by Crippen LogP contribution is 2.29. The quantitative estimate of drug-likeness (QED) is 0.489. The molecule has 1 aromatic carbocycles. The minimum atomic E-state index is -2.11. The van der Waals surface area contributed by atoms with Gasteiger partial charge in [-0.2, -0.15) is 0 Å². The lowest BCUT2D eigenvalue weighted by atomic mass is 10.0. The van der Waals surface area contributed by atoms with Crippen LogP contribution in [-0.2, 0) is 7.05 Å². The first kappa shape index (κ1) is 10.9. The van der Waals surface area contributed by atoms with E-state index in [9.17, 15) is 0 Å². The molecule has 0 atom stereocenters. The first-order chi connectivity index (χ1) is 12.3. The van der Waals surface area contributed by atoms with Crippen molar-refractivity contribution in [3.05, 3.63) is 65.5 Å². The third-order valence-corrected chi connectivity index (χ3v) is 4.48. The number of imidazole rings is 1. The van der Waals surface area contributed by atoms with E-state index < -0.39 is 6.85 Å². The van der Waals surface area contributed by atoms with Crippen molar-refractivity contribution in [2.75, 3.05) is 0 Å². The van der Waals surface area contributed by atoms with Gasteiger partial charge in [0.15, 0.2) is 6.20 Å². The normalized spacial score (nSPS) is 14.0. The van der Waals surface area contributed by atoms with Gasteiger partial charge in [-0.05, 0) is 56.1 Å². The fourth-order valence-corrected chi connectivity index (χ4v) is 3.21. The molecule has 0 aliphatic heterocycles. The van der Waals surface area contributed by atoms with Crippen LogP contribution in [0.2, 0.25) is 0 Å². The first-order valence-electron chi connectivity index (χ1n) is 9.15. The maximum absolute atomic E-state index is 7.71. The monoisotopic (exact) mass is 305 g/mol. The van der Waals surface area contributed by atoms with Gasteiger partial charge in [0.2, 0.25) is 5.69 Å². The van der Waals surface area contributed by atoms with Gasteiger partial charge in [-0.1, -0.05) is 6.07 Å². The molecule has 4 aromatic rings. The minimum absolute atomic E-state index is 0.386. The number of fused-ring (bicyclic) bond motifs is 3. The largest absolute Gasteiger partial charge is 0.299 e. The Morgan fingerprint density at radius 3 is 2.83 bits per heavy atom. The van der Waals surface area contributed by atoms with Crippen LogP contribution in [0.3, 0.4) is 0 Å². The third-order valence-electron chi connectivity index (χ3n) is 4.48. The fourth-order valence-electron chi connectivity index (χ4n) is 3.21. The maximum atomic E-state index is 7.71. The van der Waals surface area contributed by atoms with Crippen LogP contribution in [0.25, 0.3) is 27.9 Å². The van der Waals surface area contributed by atoms with Crippen LogP contribution in [0.4, 0.5) is 0 Å². The average Bonchev–Trinajstić information content (AvgIpc) is 2.95. The minimum Gasteiger partial charge on any atom is -0.299 e. The molecule has 0 unspecified atom stereocenters. The Kier molecular flexibility index (Phi) is 2.34. The molecule has 4 rings (SSSR count). The summed E-state index contributed by atoms with van der Waals surface area (Å²) in [6, 6.07) is 12.0. The highest BCUT2D eigenvalue weighted by Gasteiger charge is 2.17. The van der Waals surface area contributed by atoms with Crippen molar-refractivity contribution in [2.45, 2.75) is 20.7 Å². The van der Waals surface area contributed by atoms with E-state index in [1.807, 2.05) is 55.1 Å². The second kappa shape index (κ2) is 4.92. The van der Waals surface area contributed by atoms with Crippen molar-refractivity contribution in [1.82, 2.24) is 9.38 Å². The van der Waals surface area contributed by atoms with E-state index in [0.29, 0.717) is 5.56 Å². The topological polar surface area (TPSA) is 21.2 Å². The molecule has 0 amide bonds. The second-order valence-corrected chi connectivity index (χ2v) is 6.01. The highest BCUT2D eigenvalue weighted by molar-refractivity contribution is 5.88. The number of hydrogen-bond acceptors (Lipinski definition) is 1. The fraction of sp³-hybridized carbons (Fsp3) is 0.200. The summed E-state index contributed by atoms with van der Waals surface area (Å²) in [7, 11) is 1.89. The lowest BCUT2D eigenvalue weighted by molar-refractivity contribution is -0.660. The molecule has 114 valence electrons. The van der Waals surface area contributed by atoms with Crippen molar-refractivity contribution in [2.24, 2.45) is 7.05 Å². The Bertz CT molecular complexity index is 1160. The van der Waals surface area contributed by atoms with E-state index in [-0.39, 0.29) is 0 Å². The Morgan fingerprint density at radius 1 is 1.13 bits per heavy atom. The van der Waals surface area contributed by atoms with Gasteiger partial charge >= 0.3 is 0 Å². The third kappa shape index (κ3) is 2.04. The van der Waals surface area contributed by atoms with Gasteiger partial charge in [0.05, 0.1) is 16.6 Å². The molecule has 0 saturated carbocycles. The van der Waals surface area contributed by atoms with Gasteiger partial charge in [0.1, 0.15) is 12.7 Å². The summed E-state index contributed by atoms with van der Waals surface area (Å²) in [5.74, 6) is 0. The summed E-state index contributed by atoms with van der Waals surface area (Å²) in [6.45, 7) is 1.83. The number of aromatic nitrogens is 3. The predicted molar refractivity (Wildman–Crippen MR) is 93.5 cm³/mol. The van der Waals surface area contributed by atoms with Crippen LogP contribution >= 0.6 is 0 Å². The first-order valence-corrected chi connectivity index (χ1v) is 7.65. The van der Waals surface area contributed by atoms with E-state index in [1.54, 1.807) is 6.20 Å². The molecule has 3 nitrogen and oxygen atoms in total. The van der Waals surface area contributed by atoms with Gasteiger partial charge < -0.3 is 0 Å². The van der Waals surface area contributed by atoms with Gasteiger partial charge in [-0.25, -0.2) is 9.55 Å². The lowest BCUT2D eigenvalue weighted by Gasteiger charge is -2.08. The molecule has 0 radical (unpaired) electrons. The standard InChI is InChI=1S/C20H20N3/c1-13-11-18(22(4)12-14(13)2)16-8-9-17-20(15(16)3)23-10-6-5-7-19(23)21-17/h5-12H,1-4H3/q+1/i2D3. The number of hydrogen-bond donors (Lipinski definition) is 0. The highest BCUT2D eigenvalue weighted by atomic mass is 15.0. The molecule has 0 saturated heterocycles. The molecule has 0 bridgehead atoms. The van der Waals surface area contributed by atoms with Gasteiger partial charge in [-0.15, -0.1) is 0 Å². The molecule has 3 heteroatoms. The molecule has 3 aromatic heterocycles. The molecule has 23 heavy (non-hydrogen) atoms. The van der Waals surface area contributed by atoms with Crippen molar-refractivity contribution >= 4 is 16.7 Å². The van der Waals surface area contributed by atoms with Crippen molar-refractivity contribution in [1.29, 1.82) is 0 Å². The van der Waals surface area contributed by atoms with Crippen LogP contribution in [-0.4, -0.2) is 9.38 Å². The van der Waals surface area contributed by atoms with E-state index in [1.165, 1.54) is 0 Å². The van der Waals surface area contributed by atoms with Crippen LogP contribution in [0.15, 0.2) is 48.8 Å². The number of benzene rings is 1. The van der Waals surface area contributed by atoms with Crippen LogP contribution in [0, 0.1) is 20.7 Å². The number of nitrogens with zero attached hydrogens (tertiary/aromatic N) is 3. The summed E-state index contributed by atoms with van der Waals surface area (Å²) in [5, 5.41) is 0. The van der Waals surface area contributed by atoms with Crippen LogP contribution in [0.5, 0.6) is 0 Å².